The van der Waals surface area contributed by atoms with E-state index >= 15 is 0 Å². The molecule has 0 aliphatic carbocycles. The van der Waals surface area contributed by atoms with E-state index in [1.807, 2.05) is 59.1 Å². The van der Waals surface area contributed by atoms with E-state index in [0.717, 1.165) is 65.3 Å². The van der Waals surface area contributed by atoms with Crippen molar-refractivity contribution in [3.63, 3.8) is 0 Å². The van der Waals surface area contributed by atoms with Crippen LogP contribution in [0.25, 0.3) is 28.2 Å². The Morgan fingerprint density at radius 3 is 2.53 bits per heavy atom. The van der Waals surface area contributed by atoms with E-state index in [9.17, 15) is 4.79 Å². The van der Waals surface area contributed by atoms with Crippen LogP contribution in [-0.2, 0) is 13.0 Å². The molecular weight excluding hydrogens is 472 g/mol. The number of hydrogen-bond donors (Lipinski definition) is 1. The molecule has 1 N–H and O–H groups in total. The fraction of sp³-hybridized carbons (Fsp3) is 0.172. The van der Waals surface area contributed by atoms with E-state index in [0.29, 0.717) is 16.4 Å². The summed E-state index contributed by atoms with van der Waals surface area (Å²) in [5.74, 6) is 1.41. The molecule has 0 spiro atoms. The van der Waals surface area contributed by atoms with E-state index < -0.39 is 0 Å². The first-order chi connectivity index (χ1) is 17.6. The van der Waals surface area contributed by atoms with E-state index in [-0.39, 0.29) is 5.91 Å². The fourth-order valence-corrected chi connectivity index (χ4v) is 5.26. The lowest BCUT2D eigenvalue weighted by atomic mass is 9.97. The summed E-state index contributed by atoms with van der Waals surface area (Å²) in [7, 11) is 1.65. The minimum Gasteiger partial charge on any atom is -0.497 e. The minimum atomic E-state index is -0.228. The monoisotopic (exact) mass is 496 g/mol. The van der Waals surface area contributed by atoms with Crippen molar-refractivity contribution in [2.24, 2.45) is 0 Å². The van der Waals surface area contributed by atoms with Gasteiger partial charge in [-0.05, 0) is 55.2 Å². The summed E-state index contributed by atoms with van der Waals surface area (Å²) in [4.78, 5) is 13.9. The van der Waals surface area contributed by atoms with Crippen molar-refractivity contribution in [3.8, 4) is 28.3 Å². The maximum absolute atomic E-state index is 13.9. The number of ether oxygens (including phenoxy) is 1. The van der Waals surface area contributed by atoms with Crippen LogP contribution in [0.4, 0.5) is 5.69 Å². The summed E-state index contributed by atoms with van der Waals surface area (Å²) >= 11 is 6.19. The van der Waals surface area contributed by atoms with Crippen molar-refractivity contribution in [1.29, 1.82) is 0 Å². The maximum Gasteiger partial charge on any atom is 0.275 e. The van der Waals surface area contributed by atoms with E-state index in [1.54, 1.807) is 19.2 Å². The van der Waals surface area contributed by atoms with E-state index in [2.05, 4.69) is 22.0 Å². The normalized spacial score (nSPS) is 12.9. The van der Waals surface area contributed by atoms with Gasteiger partial charge in [-0.3, -0.25) is 4.79 Å². The van der Waals surface area contributed by atoms with Gasteiger partial charge in [-0.25, -0.2) is 4.52 Å². The van der Waals surface area contributed by atoms with Crippen LogP contribution >= 0.6 is 11.6 Å². The SMILES string of the molecule is COc1ccc(-c2c3c4n(c(-c5ccccc5)nn4c2C(=O)Nc2cccc(Cl)c2)CCCC3)cc1. The number of hydrogen-bond acceptors (Lipinski definition) is 3. The number of benzene rings is 3. The van der Waals surface area contributed by atoms with Crippen LogP contribution in [0.5, 0.6) is 5.75 Å². The van der Waals surface area contributed by atoms with Gasteiger partial charge in [0.15, 0.2) is 5.82 Å². The summed E-state index contributed by atoms with van der Waals surface area (Å²) in [6, 6.07) is 25.2. The highest BCUT2D eigenvalue weighted by molar-refractivity contribution is 6.31. The molecule has 0 atom stereocenters. The van der Waals surface area contributed by atoms with Crippen molar-refractivity contribution in [2.75, 3.05) is 12.4 Å². The molecule has 36 heavy (non-hydrogen) atoms. The molecule has 0 bridgehead atoms. The summed E-state index contributed by atoms with van der Waals surface area (Å²) in [5, 5.41) is 8.64. The van der Waals surface area contributed by atoms with Gasteiger partial charge in [-0.15, -0.1) is 5.10 Å². The molecule has 3 heterocycles. The molecule has 0 fully saturated rings. The Bertz CT molecular complexity index is 1570. The summed E-state index contributed by atoms with van der Waals surface area (Å²) < 4.78 is 9.48. The zero-order valence-corrected chi connectivity index (χ0v) is 20.6. The number of carbonyl (C=O) groups is 1. The Morgan fingerprint density at radius 1 is 0.972 bits per heavy atom. The summed E-state index contributed by atoms with van der Waals surface area (Å²) in [5.41, 5.74) is 6.18. The van der Waals surface area contributed by atoms with Crippen molar-refractivity contribution in [2.45, 2.75) is 25.8 Å². The third kappa shape index (κ3) is 3.84. The molecule has 0 radical (unpaired) electrons. The van der Waals surface area contributed by atoms with E-state index in [4.69, 9.17) is 21.4 Å². The van der Waals surface area contributed by atoms with Crippen molar-refractivity contribution in [3.05, 3.63) is 95.1 Å². The molecule has 1 aliphatic heterocycles. The average molecular weight is 497 g/mol. The number of nitrogens with one attached hydrogen (secondary N) is 1. The number of methoxy groups -OCH3 is 1. The molecule has 0 saturated carbocycles. The zero-order valence-electron chi connectivity index (χ0n) is 19.9. The molecule has 6 nitrogen and oxygen atoms in total. The second-order valence-corrected chi connectivity index (χ2v) is 9.37. The number of halogens is 1. The lowest BCUT2D eigenvalue weighted by Crippen LogP contribution is -2.16. The highest BCUT2D eigenvalue weighted by atomic mass is 35.5. The molecule has 1 amide bonds. The average Bonchev–Trinajstić information content (AvgIpc) is 3.32. The third-order valence-electron chi connectivity index (χ3n) is 6.69. The Hall–Kier alpha value is -4.03. The molecule has 6 rings (SSSR count). The zero-order chi connectivity index (χ0) is 24.6. The van der Waals surface area contributed by atoms with Gasteiger partial charge in [0.2, 0.25) is 0 Å². The van der Waals surface area contributed by atoms with Crippen molar-refractivity contribution in [1.82, 2.24) is 14.2 Å². The molecule has 2 aromatic heterocycles. The standard InChI is InChI=1S/C29H25ClN4O2/c1-36-23-15-13-19(14-16-23)25-24-12-5-6-17-33-27(20-8-3-2-4-9-20)32-34(29(24)33)26(25)28(35)31-22-11-7-10-21(30)18-22/h2-4,7-11,13-16,18H,5-6,12,17H2,1H3,(H,31,35). The van der Waals surface area contributed by atoms with Crippen molar-refractivity contribution >= 4 is 28.8 Å². The number of aromatic nitrogens is 3. The van der Waals surface area contributed by atoms with Gasteiger partial charge in [0.1, 0.15) is 17.1 Å². The number of carbonyl (C=O) groups excluding carboxylic acids is 1. The second kappa shape index (κ2) is 9.21. The lowest BCUT2D eigenvalue weighted by Gasteiger charge is -2.10. The quantitative estimate of drug-likeness (QED) is 0.294. The largest absolute Gasteiger partial charge is 0.497 e. The summed E-state index contributed by atoms with van der Waals surface area (Å²) in [6.07, 6.45) is 2.95. The molecular formula is C29H25ClN4O2. The van der Waals surface area contributed by atoms with Gasteiger partial charge in [-0.2, -0.15) is 0 Å². The number of rotatable bonds is 5. The number of amides is 1. The molecule has 0 unspecified atom stereocenters. The fourth-order valence-electron chi connectivity index (χ4n) is 5.07. The van der Waals surface area contributed by atoms with Gasteiger partial charge in [0.25, 0.3) is 5.91 Å². The van der Waals surface area contributed by atoms with Gasteiger partial charge < -0.3 is 14.6 Å². The first-order valence-electron chi connectivity index (χ1n) is 12.0. The highest BCUT2D eigenvalue weighted by Gasteiger charge is 2.30. The minimum absolute atomic E-state index is 0.228. The van der Waals surface area contributed by atoms with Gasteiger partial charge in [0.05, 0.1) is 7.11 Å². The second-order valence-electron chi connectivity index (χ2n) is 8.93. The van der Waals surface area contributed by atoms with Crippen LogP contribution in [-0.4, -0.2) is 27.2 Å². The smallest absolute Gasteiger partial charge is 0.275 e. The third-order valence-corrected chi connectivity index (χ3v) is 6.93. The number of anilines is 1. The number of nitrogens with zero attached hydrogens (tertiary/aromatic N) is 3. The van der Waals surface area contributed by atoms with Crippen LogP contribution in [0, 0.1) is 0 Å². The number of aryl methyl sites for hydroxylation is 2. The van der Waals surface area contributed by atoms with Crippen molar-refractivity contribution < 1.29 is 9.53 Å². The topological polar surface area (TPSA) is 60.6 Å². The molecule has 3 aromatic carbocycles. The predicted octanol–water partition coefficient (Wildman–Crippen LogP) is 6.72. The van der Waals surface area contributed by atoms with Gasteiger partial charge in [-0.1, -0.05) is 60.1 Å². The first-order valence-corrected chi connectivity index (χ1v) is 12.4. The predicted molar refractivity (Wildman–Crippen MR) is 143 cm³/mol. The Morgan fingerprint density at radius 2 is 1.78 bits per heavy atom. The Kier molecular flexibility index (Phi) is 5.74. The van der Waals surface area contributed by atoms with Crippen LogP contribution in [0.15, 0.2) is 78.9 Å². The summed E-state index contributed by atoms with van der Waals surface area (Å²) in [6.45, 7) is 0.849. The molecule has 180 valence electrons. The molecule has 1 aliphatic rings. The van der Waals surface area contributed by atoms with Gasteiger partial charge in [0, 0.05) is 33.9 Å². The van der Waals surface area contributed by atoms with Crippen LogP contribution < -0.4 is 10.1 Å². The lowest BCUT2D eigenvalue weighted by molar-refractivity contribution is 0.102. The Balaban J connectivity index is 1.60. The molecule has 0 saturated heterocycles. The first kappa shape index (κ1) is 22.4. The van der Waals surface area contributed by atoms with Crippen LogP contribution in [0.3, 0.4) is 0 Å². The molecule has 5 aromatic rings. The highest BCUT2D eigenvalue weighted by Crippen LogP contribution is 2.39. The van der Waals surface area contributed by atoms with Gasteiger partial charge >= 0.3 is 0 Å². The van der Waals surface area contributed by atoms with Crippen LogP contribution in [0.2, 0.25) is 5.02 Å². The van der Waals surface area contributed by atoms with E-state index in [1.165, 1.54) is 0 Å². The Labute approximate surface area is 214 Å². The molecule has 7 heteroatoms. The maximum atomic E-state index is 13.9. The van der Waals surface area contributed by atoms with Crippen LogP contribution in [0.1, 0.15) is 28.9 Å².